The maximum absolute atomic E-state index is 11.7. The van der Waals surface area contributed by atoms with Crippen molar-refractivity contribution in [3.05, 3.63) is 33.6 Å². The Morgan fingerprint density at radius 1 is 1.42 bits per heavy atom. The van der Waals surface area contributed by atoms with Crippen LogP contribution in [0.15, 0.2) is 17.5 Å². The Kier molecular flexibility index (Phi) is 4.37. The van der Waals surface area contributed by atoms with E-state index in [0.717, 1.165) is 16.3 Å². The molecule has 0 aliphatic carbocycles. The maximum atomic E-state index is 11.7. The van der Waals surface area contributed by atoms with E-state index in [0.29, 0.717) is 5.92 Å². The van der Waals surface area contributed by atoms with Gasteiger partial charge in [0.05, 0.1) is 17.3 Å². The number of nitrogens with one attached hydrogen (secondary N) is 1. The van der Waals surface area contributed by atoms with Gasteiger partial charge >= 0.3 is 0 Å². The van der Waals surface area contributed by atoms with Crippen molar-refractivity contribution in [2.24, 2.45) is 5.92 Å². The second-order valence-corrected chi connectivity index (χ2v) is 6.66. The second kappa shape index (κ2) is 5.84. The fourth-order valence-electron chi connectivity index (χ4n) is 2.06. The summed E-state index contributed by atoms with van der Waals surface area (Å²) in [6.07, 6.45) is 0. The lowest BCUT2D eigenvalue weighted by Gasteiger charge is -2.21. The molecule has 2 rings (SSSR count). The zero-order valence-corrected chi connectivity index (χ0v) is 13.2. The number of carbonyl (C=O) groups excluding carboxylic acids is 1. The van der Waals surface area contributed by atoms with Gasteiger partial charge < -0.3 is 5.32 Å². The van der Waals surface area contributed by atoms with E-state index < -0.39 is 0 Å². The summed E-state index contributed by atoms with van der Waals surface area (Å²) in [5.41, 5.74) is 1.54. The molecule has 19 heavy (non-hydrogen) atoms. The number of thiophene rings is 1. The molecule has 0 saturated heterocycles. The largest absolute Gasteiger partial charge is 0.367 e. The lowest BCUT2D eigenvalue weighted by Crippen LogP contribution is -2.16. The average molecular weight is 294 g/mol. The van der Waals surface area contributed by atoms with E-state index in [1.807, 2.05) is 6.92 Å². The zero-order valence-electron chi connectivity index (χ0n) is 11.6. The second-order valence-electron chi connectivity index (χ2n) is 4.91. The maximum Gasteiger partial charge on any atom is 0.164 e. The summed E-state index contributed by atoms with van der Waals surface area (Å²) >= 11 is 3.11. The Labute approximate surface area is 121 Å². The third-order valence-electron chi connectivity index (χ3n) is 3.02. The van der Waals surface area contributed by atoms with Crippen molar-refractivity contribution in [3.8, 4) is 0 Å². The van der Waals surface area contributed by atoms with Crippen LogP contribution in [0.3, 0.4) is 0 Å². The third kappa shape index (κ3) is 3.04. The number of Topliss-reactive ketones (excluding diaryl/α,β-unsaturated/α-hetero) is 1. The summed E-state index contributed by atoms with van der Waals surface area (Å²) in [6.45, 7) is 7.84. The fraction of sp³-hybridized carbons (Fsp3) is 0.429. The molecule has 2 aromatic heterocycles. The minimum Gasteiger partial charge on any atom is -0.367 e. The molecule has 2 aromatic rings. The number of rotatable bonds is 5. The van der Waals surface area contributed by atoms with Crippen molar-refractivity contribution < 1.29 is 4.79 Å². The van der Waals surface area contributed by atoms with Gasteiger partial charge in [-0.3, -0.25) is 4.79 Å². The van der Waals surface area contributed by atoms with Crippen LogP contribution in [0, 0.1) is 12.8 Å². The lowest BCUT2D eigenvalue weighted by molar-refractivity contribution is 0.101. The van der Waals surface area contributed by atoms with Crippen LogP contribution < -0.4 is 5.32 Å². The Hall–Kier alpha value is -1.20. The van der Waals surface area contributed by atoms with Crippen LogP contribution >= 0.6 is 22.9 Å². The average Bonchev–Trinajstić information content (AvgIpc) is 2.94. The minimum absolute atomic E-state index is 0.0717. The van der Waals surface area contributed by atoms with E-state index >= 15 is 0 Å². The number of anilines is 1. The molecule has 1 atom stereocenters. The molecule has 0 aromatic carbocycles. The van der Waals surface area contributed by atoms with Crippen LogP contribution in [-0.4, -0.2) is 10.2 Å². The molecular weight excluding hydrogens is 276 g/mol. The summed E-state index contributed by atoms with van der Waals surface area (Å²) in [5, 5.41) is 6.46. The summed E-state index contributed by atoms with van der Waals surface area (Å²) in [4.78, 5) is 13.0. The molecule has 0 saturated carbocycles. The van der Waals surface area contributed by atoms with E-state index in [9.17, 15) is 4.79 Å². The van der Waals surface area contributed by atoms with Gasteiger partial charge in [0.25, 0.3) is 0 Å². The van der Waals surface area contributed by atoms with Crippen molar-refractivity contribution in [1.82, 2.24) is 4.37 Å². The molecule has 1 unspecified atom stereocenters. The molecule has 0 fully saturated rings. The number of hydrogen-bond donors (Lipinski definition) is 1. The first-order valence-electron chi connectivity index (χ1n) is 6.27. The summed E-state index contributed by atoms with van der Waals surface area (Å²) < 4.78 is 4.29. The van der Waals surface area contributed by atoms with Gasteiger partial charge in [0.15, 0.2) is 5.78 Å². The molecular formula is C14H18N2OS2. The first kappa shape index (κ1) is 14.2. The van der Waals surface area contributed by atoms with E-state index in [2.05, 4.69) is 41.1 Å². The predicted molar refractivity (Wildman–Crippen MR) is 82.4 cm³/mol. The van der Waals surface area contributed by atoms with Crippen molar-refractivity contribution in [2.45, 2.75) is 33.7 Å². The first-order chi connectivity index (χ1) is 9.00. The van der Waals surface area contributed by atoms with E-state index in [4.69, 9.17) is 0 Å². The summed E-state index contributed by atoms with van der Waals surface area (Å²) in [5.74, 6) is 0.517. The topological polar surface area (TPSA) is 42.0 Å². The van der Waals surface area contributed by atoms with Crippen LogP contribution in [0.4, 0.5) is 5.00 Å². The van der Waals surface area contributed by atoms with Gasteiger partial charge in [0.2, 0.25) is 0 Å². The quantitative estimate of drug-likeness (QED) is 0.824. The number of aromatic nitrogens is 1. The monoisotopic (exact) mass is 294 g/mol. The minimum atomic E-state index is 0.0717. The normalized spacial score (nSPS) is 12.7. The smallest absolute Gasteiger partial charge is 0.164 e. The molecule has 1 N–H and O–H groups in total. The number of ketones is 1. The first-order valence-corrected chi connectivity index (χ1v) is 7.93. The van der Waals surface area contributed by atoms with Crippen molar-refractivity contribution in [2.75, 3.05) is 5.32 Å². The molecule has 0 bridgehead atoms. The number of aryl methyl sites for hydroxylation is 1. The van der Waals surface area contributed by atoms with Crippen LogP contribution in [-0.2, 0) is 0 Å². The molecule has 5 heteroatoms. The predicted octanol–water partition coefficient (Wildman–Crippen LogP) is 4.52. The fourth-order valence-corrected chi connectivity index (χ4v) is 3.89. The van der Waals surface area contributed by atoms with Gasteiger partial charge in [-0.1, -0.05) is 19.9 Å². The summed E-state index contributed by atoms with van der Waals surface area (Å²) in [6, 6.07) is 4.41. The molecule has 0 radical (unpaired) electrons. The van der Waals surface area contributed by atoms with Crippen molar-refractivity contribution >= 4 is 33.7 Å². The van der Waals surface area contributed by atoms with Crippen LogP contribution in [0.1, 0.15) is 47.7 Å². The standard InChI is InChI=1S/C14H18N2OS2/c1-8(2)13(11-6-5-7-18-11)15-14-12(10(4)17)9(3)16-19-14/h5-8,13,15H,1-4H3. The van der Waals surface area contributed by atoms with Gasteiger partial charge in [0.1, 0.15) is 5.00 Å². The van der Waals surface area contributed by atoms with Gasteiger partial charge in [0, 0.05) is 4.88 Å². The van der Waals surface area contributed by atoms with Crippen LogP contribution in [0.25, 0.3) is 0 Å². The van der Waals surface area contributed by atoms with Gasteiger partial charge in [-0.15, -0.1) is 11.3 Å². The Balaban J connectivity index is 2.30. The van der Waals surface area contributed by atoms with Crippen molar-refractivity contribution in [1.29, 1.82) is 0 Å². The SMILES string of the molecule is CC(=O)c1c(C)nsc1NC(c1cccs1)C(C)C. The highest BCUT2D eigenvalue weighted by Gasteiger charge is 2.21. The van der Waals surface area contributed by atoms with Crippen LogP contribution in [0.2, 0.25) is 0 Å². The zero-order chi connectivity index (χ0) is 14.0. The van der Waals surface area contributed by atoms with Crippen LogP contribution in [0.5, 0.6) is 0 Å². The van der Waals surface area contributed by atoms with E-state index in [1.54, 1.807) is 18.3 Å². The highest BCUT2D eigenvalue weighted by atomic mass is 32.1. The molecule has 0 aliphatic rings. The number of hydrogen-bond acceptors (Lipinski definition) is 5. The van der Waals surface area contributed by atoms with E-state index in [1.165, 1.54) is 16.4 Å². The Bertz CT molecular complexity index is 558. The lowest BCUT2D eigenvalue weighted by atomic mass is 10.0. The molecule has 0 amide bonds. The Morgan fingerprint density at radius 2 is 2.16 bits per heavy atom. The number of nitrogens with zero attached hydrogens (tertiary/aromatic N) is 1. The molecule has 0 spiro atoms. The van der Waals surface area contributed by atoms with Gasteiger partial charge in [-0.25, -0.2) is 0 Å². The highest BCUT2D eigenvalue weighted by Crippen LogP contribution is 2.34. The highest BCUT2D eigenvalue weighted by molar-refractivity contribution is 7.11. The Morgan fingerprint density at radius 3 is 2.68 bits per heavy atom. The molecule has 3 nitrogen and oxygen atoms in total. The molecule has 2 heterocycles. The van der Waals surface area contributed by atoms with Gasteiger partial charge in [-0.05, 0) is 42.7 Å². The van der Waals surface area contributed by atoms with Crippen molar-refractivity contribution in [3.63, 3.8) is 0 Å². The van der Waals surface area contributed by atoms with E-state index in [-0.39, 0.29) is 11.8 Å². The number of carbonyl (C=O) groups is 1. The molecule has 102 valence electrons. The van der Waals surface area contributed by atoms with Gasteiger partial charge in [-0.2, -0.15) is 4.37 Å². The summed E-state index contributed by atoms with van der Waals surface area (Å²) in [7, 11) is 0. The molecule has 0 aliphatic heterocycles. The third-order valence-corrected chi connectivity index (χ3v) is 4.84.